The highest BCUT2D eigenvalue weighted by atomic mass is 19.4. The van der Waals surface area contributed by atoms with Crippen LogP contribution in [0.5, 0.6) is 0 Å². The second-order valence-electron chi connectivity index (χ2n) is 5.68. The van der Waals surface area contributed by atoms with Crippen LogP contribution in [-0.2, 0) is 37.4 Å². The zero-order chi connectivity index (χ0) is 16.6. The van der Waals surface area contributed by atoms with Gasteiger partial charge in [0, 0.05) is 30.4 Å². The Balaban J connectivity index is 1.68. The van der Waals surface area contributed by atoms with Gasteiger partial charge in [-0.05, 0) is 19.3 Å². The van der Waals surface area contributed by atoms with Crippen molar-refractivity contribution in [1.82, 2.24) is 25.1 Å². The van der Waals surface area contributed by atoms with Gasteiger partial charge in [-0.3, -0.25) is 9.89 Å². The standard InChI is InChI=1S/C14H16F3N5O/c1-22-7-18-5-9(22)6-19-13(23)8-2-3-11-10(4-8)12(21-20-11)14(15,16)17/h5,7-8H,2-4,6H2,1H3,(H,19,23)(H,20,21). The van der Waals surface area contributed by atoms with E-state index in [-0.39, 0.29) is 17.9 Å². The molecule has 0 bridgehead atoms. The van der Waals surface area contributed by atoms with Gasteiger partial charge in [-0.2, -0.15) is 18.3 Å². The molecule has 1 aliphatic carbocycles. The third kappa shape index (κ3) is 3.08. The van der Waals surface area contributed by atoms with Crippen molar-refractivity contribution in [2.24, 2.45) is 13.0 Å². The van der Waals surface area contributed by atoms with E-state index >= 15 is 0 Å². The van der Waals surface area contributed by atoms with Gasteiger partial charge in [0.05, 0.1) is 18.6 Å². The highest BCUT2D eigenvalue weighted by Crippen LogP contribution is 2.36. The van der Waals surface area contributed by atoms with Gasteiger partial charge >= 0.3 is 6.18 Å². The van der Waals surface area contributed by atoms with E-state index in [4.69, 9.17) is 0 Å². The Hall–Kier alpha value is -2.32. The Kier molecular flexibility index (Phi) is 3.87. The fraction of sp³-hybridized carbons (Fsp3) is 0.500. The normalized spacial score (nSPS) is 17.8. The lowest BCUT2D eigenvalue weighted by Crippen LogP contribution is -2.34. The van der Waals surface area contributed by atoms with Crippen molar-refractivity contribution in [3.63, 3.8) is 0 Å². The predicted molar refractivity (Wildman–Crippen MR) is 74.2 cm³/mol. The molecule has 1 amide bonds. The van der Waals surface area contributed by atoms with Crippen molar-refractivity contribution in [3.05, 3.63) is 35.2 Å². The molecular weight excluding hydrogens is 311 g/mol. The number of hydrogen-bond acceptors (Lipinski definition) is 3. The van der Waals surface area contributed by atoms with Crippen LogP contribution in [0.2, 0.25) is 0 Å². The average Bonchev–Trinajstić information content (AvgIpc) is 3.09. The van der Waals surface area contributed by atoms with E-state index in [9.17, 15) is 18.0 Å². The summed E-state index contributed by atoms with van der Waals surface area (Å²) in [5.41, 5.74) is 0.517. The number of rotatable bonds is 3. The van der Waals surface area contributed by atoms with Crippen LogP contribution in [-0.4, -0.2) is 25.7 Å². The Morgan fingerprint density at radius 2 is 2.30 bits per heavy atom. The Morgan fingerprint density at radius 3 is 2.96 bits per heavy atom. The van der Waals surface area contributed by atoms with Crippen LogP contribution in [0.15, 0.2) is 12.5 Å². The summed E-state index contributed by atoms with van der Waals surface area (Å²) in [6.45, 7) is 0.302. The second kappa shape index (κ2) is 5.71. The zero-order valence-electron chi connectivity index (χ0n) is 12.4. The van der Waals surface area contributed by atoms with Crippen LogP contribution in [0.3, 0.4) is 0 Å². The molecule has 0 aliphatic heterocycles. The summed E-state index contributed by atoms with van der Waals surface area (Å²) in [5.74, 6) is -0.722. The molecule has 6 nitrogen and oxygen atoms in total. The zero-order valence-corrected chi connectivity index (χ0v) is 12.4. The van der Waals surface area contributed by atoms with Crippen molar-refractivity contribution in [2.75, 3.05) is 0 Å². The first-order chi connectivity index (χ1) is 10.9. The number of aromatic amines is 1. The molecule has 0 fully saturated rings. The third-order valence-electron chi connectivity index (χ3n) is 4.15. The molecule has 1 aliphatic rings. The molecule has 23 heavy (non-hydrogen) atoms. The Labute approximate surface area is 130 Å². The first-order valence-corrected chi connectivity index (χ1v) is 7.22. The summed E-state index contributed by atoms with van der Waals surface area (Å²) in [5, 5.41) is 8.57. The quantitative estimate of drug-likeness (QED) is 0.899. The highest BCUT2D eigenvalue weighted by molar-refractivity contribution is 5.79. The van der Waals surface area contributed by atoms with Crippen LogP contribution in [0.1, 0.15) is 29.1 Å². The maximum atomic E-state index is 12.9. The van der Waals surface area contributed by atoms with Crippen LogP contribution in [0.25, 0.3) is 0 Å². The molecule has 1 unspecified atom stereocenters. The van der Waals surface area contributed by atoms with Crippen LogP contribution in [0, 0.1) is 5.92 Å². The minimum Gasteiger partial charge on any atom is -0.350 e. The summed E-state index contributed by atoms with van der Waals surface area (Å²) < 4.78 is 40.5. The summed E-state index contributed by atoms with van der Waals surface area (Å²) in [6, 6.07) is 0. The van der Waals surface area contributed by atoms with E-state index in [0.29, 0.717) is 25.1 Å². The number of H-pyrrole nitrogens is 1. The first kappa shape index (κ1) is 15.6. The first-order valence-electron chi connectivity index (χ1n) is 7.22. The number of imidazole rings is 1. The number of carbonyl (C=O) groups is 1. The molecule has 124 valence electrons. The van der Waals surface area contributed by atoms with Gasteiger partial charge in [0.15, 0.2) is 5.69 Å². The van der Waals surface area contributed by atoms with E-state index in [1.165, 1.54) is 0 Å². The van der Waals surface area contributed by atoms with Crippen molar-refractivity contribution in [2.45, 2.75) is 32.0 Å². The lowest BCUT2D eigenvalue weighted by molar-refractivity contribution is -0.142. The van der Waals surface area contributed by atoms with Gasteiger partial charge < -0.3 is 9.88 Å². The minimum atomic E-state index is -4.50. The van der Waals surface area contributed by atoms with Gasteiger partial charge in [0.25, 0.3) is 0 Å². The topological polar surface area (TPSA) is 75.6 Å². The number of nitrogens with one attached hydrogen (secondary N) is 2. The number of aryl methyl sites for hydroxylation is 2. The van der Waals surface area contributed by atoms with Gasteiger partial charge in [-0.15, -0.1) is 0 Å². The van der Waals surface area contributed by atoms with Gasteiger partial charge in [0.1, 0.15) is 0 Å². The molecule has 3 rings (SSSR count). The highest BCUT2D eigenvalue weighted by Gasteiger charge is 2.40. The molecule has 2 aromatic rings. The van der Waals surface area contributed by atoms with Crippen molar-refractivity contribution in [3.8, 4) is 0 Å². The van der Waals surface area contributed by atoms with E-state index in [2.05, 4.69) is 20.5 Å². The molecule has 2 N–H and O–H groups in total. The van der Waals surface area contributed by atoms with Crippen molar-refractivity contribution in [1.29, 1.82) is 0 Å². The number of nitrogens with zero attached hydrogens (tertiary/aromatic N) is 3. The third-order valence-corrected chi connectivity index (χ3v) is 4.15. The molecule has 0 saturated heterocycles. The SMILES string of the molecule is Cn1cncc1CNC(=O)C1CCc2[nH]nc(C(F)(F)F)c2C1. The fourth-order valence-electron chi connectivity index (χ4n) is 2.83. The maximum absolute atomic E-state index is 12.9. The molecule has 0 radical (unpaired) electrons. The van der Waals surface area contributed by atoms with E-state index < -0.39 is 17.8 Å². The summed E-state index contributed by atoms with van der Waals surface area (Å²) in [6.07, 6.45) is -0.298. The fourth-order valence-corrected chi connectivity index (χ4v) is 2.83. The van der Waals surface area contributed by atoms with Crippen molar-refractivity contribution >= 4 is 5.91 Å². The number of hydrogen-bond donors (Lipinski definition) is 2. The summed E-state index contributed by atoms with van der Waals surface area (Å²) in [7, 11) is 1.81. The molecule has 9 heteroatoms. The molecule has 2 aromatic heterocycles. The van der Waals surface area contributed by atoms with Gasteiger partial charge in [0.2, 0.25) is 5.91 Å². The maximum Gasteiger partial charge on any atom is 0.435 e. The summed E-state index contributed by atoms with van der Waals surface area (Å²) in [4.78, 5) is 16.2. The number of fused-ring (bicyclic) bond motifs is 1. The molecule has 1 atom stereocenters. The predicted octanol–water partition coefficient (Wildman–Crippen LogP) is 1.58. The van der Waals surface area contributed by atoms with Gasteiger partial charge in [-0.1, -0.05) is 0 Å². The lowest BCUT2D eigenvalue weighted by atomic mass is 9.85. The van der Waals surface area contributed by atoms with E-state index in [0.717, 1.165) is 5.69 Å². The van der Waals surface area contributed by atoms with E-state index in [1.54, 1.807) is 17.1 Å². The van der Waals surface area contributed by atoms with Gasteiger partial charge in [-0.25, -0.2) is 4.98 Å². The number of aromatic nitrogens is 4. The lowest BCUT2D eigenvalue weighted by Gasteiger charge is -2.22. The smallest absolute Gasteiger partial charge is 0.350 e. The second-order valence-corrected chi connectivity index (χ2v) is 5.68. The molecule has 0 spiro atoms. The monoisotopic (exact) mass is 327 g/mol. The number of amides is 1. The van der Waals surface area contributed by atoms with Crippen LogP contribution < -0.4 is 5.32 Å². The number of halogens is 3. The minimum absolute atomic E-state index is 0.0535. The molecule has 0 aromatic carbocycles. The summed E-state index contributed by atoms with van der Waals surface area (Å²) >= 11 is 0. The Bertz CT molecular complexity index is 718. The van der Waals surface area contributed by atoms with Crippen molar-refractivity contribution < 1.29 is 18.0 Å². The van der Waals surface area contributed by atoms with E-state index in [1.807, 2.05) is 7.05 Å². The molecule has 2 heterocycles. The number of carbonyl (C=O) groups excluding carboxylic acids is 1. The molecular formula is C14H16F3N5O. The average molecular weight is 327 g/mol. The molecule has 0 saturated carbocycles. The Morgan fingerprint density at radius 1 is 1.52 bits per heavy atom. The van der Waals surface area contributed by atoms with Crippen LogP contribution >= 0.6 is 0 Å². The number of alkyl halides is 3. The largest absolute Gasteiger partial charge is 0.435 e. The van der Waals surface area contributed by atoms with Crippen LogP contribution in [0.4, 0.5) is 13.2 Å².